The number of carbonyl (C=O) groups is 1. The molecule has 1 aromatic heterocycles. The largest absolute Gasteiger partial charge is 0.367 e. The van der Waals surface area contributed by atoms with Crippen LogP contribution in [0.3, 0.4) is 0 Å². The number of benzene rings is 1. The number of anilines is 2. The molecule has 24 heavy (non-hydrogen) atoms. The minimum Gasteiger partial charge on any atom is -0.367 e. The Morgan fingerprint density at radius 3 is 2.58 bits per heavy atom. The summed E-state index contributed by atoms with van der Waals surface area (Å²) in [5, 5.41) is 5.39. The van der Waals surface area contributed by atoms with Crippen molar-refractivity contribution < 1.29 is 18.0 Å². The van der Waals surface area contributed by atoms with Gasteiger partial charge in [-0.3, -0.25) is 4.79 Å². The number of hydrogen-bond donors (Lipinski definition) is 2. The van der Waals surface area contributed by atoms with Crippen molar-refractivity contribution in [3.8, 4) is 0 Å². The van der Waals surface area contributed by atoms with Crippen LogP contribution in [-0.4, -0.2) is 21.9 Å². The predicted molar refractivity (Wildman–Crippen MR) is 82.2 cm³/mol. The van der Waals surface area contributed by atoms with Crippen LogP contribution >= 0.6 is 0 Å². The second kappa shape index (κ2) is 6.86. The van der Waals surface area contributed by atoms with Gasteiger partial charge < -0.3 is 10.6 Å². The fourth-order valence-electron chi connectivity index (χ4n) is 2.65. The summed E-state index contributed by atoms with van der Waals surface area (Å²) in [6.45, 7) is 0. The van der Waals surface area contributed by atoms with E-state index in [4.69, 9.17) is 0 Å². The molecule has 5 nitrogen and oxygen atoms in total. The molecule has 2 N–H and O–H groups in total. The summed E-state index contributed by atoms with van der Waals surface area (Å²) in [4.78, 5) is 20.0. The van der Waals surface area contributed by atoms with Gasteiger partial charge in [-0.15, -0.1) is 0 Å². The Bertz CT molecular complexity index is 763. The lowest BCUT2D eigenvalue weighted by molar-refractivity contribution is 0.102. The number of nitrogens with one attached hydrogen (secondary N) is 2. The van der Waals surface area contributed by atoms with Crippen molar-refractivity contribution in [1.29, 1.82) is 0 Å². The summed E-state index contributed by atoms with van der Waals surface area (Å²) >= 11 is 0. The Labute approximate surface area is 136 Å². The van der Waals surface area contributed by atoms with Crippen LogP contribution in [-0.2, 0) is 0 Å². The highest BCUT2D eigenvalue weighted by Gasteiger charge is 2.18. The lowest BCUT2D eigenvalue weighted by Crippen LogP contribution is -2.18. The third-order valence-corrected chi connectivity index (χ3v) is 3.89. The van der Waals surface area contributed by atoms with Gasteiger partial charge in [-0.25, -0.2) is 23.1 Å². The number of amides is 1. The van der Waals surface area contributed by atoms with E-state index in [2.05, 4.69) is 20.6 Å². The van der Waals surface area contributed by atoms with E-state index in [1.54, 1.807) is 0 Å². The molecule has 0 saturated heterocycles. The smallest absolute Gasteiger partial charge is 0.274 e. The van der Waals surface area contributed by atoms with E-state index in [0.29, 0.717) is 11.9 Å². The van der Waals surface area contributed by atoms with Gasteiger partial charge in [0.05, 0.1) is 5.69 Å². The van der Waals surface area contributed by atoms with Crippen LogP contribution in [0.5, 0.6) is 0 Å². The van der Waals surface area contributed by atoms with Gasteiger partial charge in [-0.05, 0) is 25.0 Å². The highest BCUT2D eigenvalue weighted by atomic mass is 19.2. The van der Waals surface area contributed by atoms with Crippen LogP contribution in [0.25, 0.3) is 0 Å². The Kier molecular flexibility index (Phi) is 4.64. The molecule has 0 spiro atoms. The quantitative estimate of drug-likeness (QED) is 0.839. The summed E-state index contributed by atoms with van der Waals surface area (Å²) in [6, 6.07) is 3.43. The van der Waals surface area contributed by atoms with Crippen molar-refractivity contribution in [2.75, 3.05) is 10.6 Å². The van der Waals surface area contributed by atoms with Crippen LogP contribution in [0, 0.1) is 17.5 Å². The second-order valence-electron chi connectivity index (χ2n) is 5.59. The first-order valence-corrected chi connectivity index (χ1v) is 7.58. The van der Waals surface area contributed by atoms with Gasteiger partial charge in [0.15, 0.2) is 17.5 Å². The highest BCUT2D eigenvalue weighted by Crippen LogP contribution is 2.22. The summed E-state index contributed by atoms with van der Waals surface area (Å²) in [5.41, 5.74) is -0.461. The molecule has 3 rings (SSSR count). The lowest BCUT2D eigenvalue weighted by atomic mass is 10.2. The van der Waals surface area contributed by atoms with E-state index in [9.17, 15) is 18.0 Å². The molecule has 0 unspecified atom stereocenters. The first kappa shape index (κ1) is 16.2. The molecule has 0 aliphatic heterocycles. The minimum atomic E-state index is -1.64. The lowest BCUT2D eigenvalue weighted by Gasteiger charge is -2.13. The Hall–Kier alpha value is -2.64. The first-order valence-electron chi connectivity index (χ1n) is 7.58. The third kappa shape index (κ3) is 3.47. The predicted octanol–water partition coefficient (Wildman–Crippen LogP) is 3.50. The molecule has 0 atom stereocenters. The summed E-state index contributed by atoms with van der Waals surface area (Å²) in [6.07, 6.45) is 5.57. The topological polar surface area (TPSA) is 66.9 Å². The maximum Gasteiger partial charge on any atom is 0.274 e. The molecule has 126 valence electrons. The van der Waals surface area contributed by atoms with Gasteiger partial charge in [0.2, 0.25) is 0 Å². The molecular weight excluding hydrogens is 321 g/mol. The van der Waals surface area contributed by atoms with Crippen LogP contribution in [0.15, 0.2) is 24.5 Å². The molecule has 1 aromatic carbocycles. The van der Waals surface area contributed by atoms with Crippen molar-refractivity contribution in [2.24, 2.45) is 0 Å². The van der Waals surface area contributed by atoms with Gasteiger partial charge in [0.1, 0.15) is 17.8 Å². The van der Waals surface area contributed by atoms with Gasteiger partial charge in [0.25, 0.3) is 5.91 Å². The van der Waals surface area contributed by atoms with E-state index in [0.717, 1.165) is 37.8 Å². The number of rotatable bonds is 4. The molecule has 1 amide bonds. The molecule has 0 radical (unpaired) electrons. The zero-order chi connectivity index (χ0) is 17.1. The zero-order valence-corrected chi connectivity index (χ0v) is 12.7. The van der Waals surface area contributed by atoms with Crippen LogP contribution in [0.1, 0.15) is 36.2 Å². The van der Waals surface area contributed by atoms with Crippen LogP contribution < -0.4 is 10.6 Å². The van der Waals surface area contributed by atoms with E-state index < -0.39 is 29.0 Å². The van der Waals surface area contributed by atoms with E-state index in [1.807, 2.05) is 0 Å². The van der Waals surface area contributed by atoms with Crippen molar-refractivity contribution in [3.63, 3.8) is 0 Å². The van der Waals surface area contributed by atoms with Crippen LogP contribution in [0.4, 0.5) is 24.7 Å². The zero-order valence-electron chi connectivity index (χ0n) is 12.7. The maximum absolute atomic E-state index is 13.6. The van der Waals surface area contributed by atoms with Crippen molar-refractivity contribution >= 4 is 17.4 Å². The molecule has 0 bridgehead atoms. The standard InChI is InChI=1S/C16H15F3N4O/c17-10-5-6-11(15(19)14(10)18)23-16(24)12-7-13(21-8-20-12)22-9-3-1-2-4-9/h5-9H,1-4H2,(H,23,24)(H,20,21,22). The van der Waals surface area contributed by atoms with Crippen LogP contribution in [0.2, 0.25) is 0 Å². The monoisotopic (exact) mass is 336 g/mol. The second-order valence-corrected chi connectivity index (χ2v) is 5.59. The molecule has 1 aliphatic carbocycles. The molecule has 8 heteroatoms. The number of nitrogens with zero attached hydrogens (tertiary/aromatic N) is 2. The molecular formula is C16H15F3N4O. The van der Waals surface area contributed by atoms with Gasteiger partial charge >= 0.3 is 0 Å². The van der Waals surface area contributed by atoms with Gasteiger partial charge in [-0.2, -0.15) is 0 Å². The Balaban J connectivity index is 1.74. The van der Waals surface area contributed by atoms with E-state index in [-0.39, 0.29) is 5.69 Å². The summed E-state index contributed by atoms with van der Waals surface area (Å²) < 4.78 is 39.7. The van der Waals surface area contributed by atoms with E-state index >= 15 is 0 Å². The highest BCUT2D eigenvalue weighted by molar-refractivity contribution is 6.03. The van der Waals surface area contributed by atoms with Crippen molar-refractivity contribution in [1.82, 2.24) is 9.97 Å². The average molecular weight is 336 g/mol. The average Bonchev–Trinajstić information content (AvgIpc) is 3.08. The van der Waals surface area contributed by atoms with Crippen molar-refractivity contribution in [3.05, 3.63) is 47.7 Å². The number of aromatic nitrogens is 2. The van der Waals surface area contributed by atoms with Crippen molar-refractivity contribution in [2.45, 2.75) is 31.7 Å². The third-order valence-electron chi connectivity index (χ3n) is 3.89. The number of halogens is 3. The fourth-order valence-corrected chi connectivity index (χ4v) is 2.65. The fraction of sp³-hybridized carbons (Fsp3) is 0.312. The first-order chi connectivity index (χ1) is 11.5. The molecule has 1 fully saturated rings. The maximum atomic E-state index is 13.6. The number of carbonyl (C=O) groups excluding carboxylic acids is 1. The van der Waals surface area contributed by atoms with E-state index in [1.165, 1.54) is 12.4 Å². The van der Waals surface area contributed by atoms with Gasteiger partial charge in [-0.1, -0.05) is 12.8 Å². The molecule has 1 aliphatic rings. The number of hydrogen-bond acceptors (Lipinski definition) is 4. The summed E-state index contributed by atoms with van der Waals surface area (Å²) in [7, 11) is 0. The Morgan fingerprint density at radius 2 is 1.83 bits per heavy atom. The SMILES string of the molecule is O=C(Nc1ccc(F)c(F)c1F)c1cc(NC2CCCC2)ncn1. The normalized spacial score (nSPS) is 14.6. The molecule has 1 saturated carbocycles. The van der Waals surface area contributed by atoms with Gasteiger partial charge in [0, 0.05) is 12.1 Å². The minimum absolute atomic E-state index is 0.00497. The molecule has 2 aromatic rings. The molecule has 1 heterocycles. The Morgan fingerprint density at radius 1 is 1.08 bits per heavy atom. The summed E-state index contributed by atoms with van der Waals surface area (Å²) in [5.74, 6) is -4.67.